The molecule has 2 aliphatic heterocycles. The van der Waals surface area contributed by atoms with Gasteiger partial charge in [0.25, 0.3) is 17.7 Å². The number of nitrogens with zero attached hydrogens (tertiary/aromatic N) is 2. The van der Waals surface area contributed by atoms with Gasteiger partial charge in [-0.2, -0.15) is 0 Å². The molecule has 1 saturated heterocycles. The van der Waals surface area contributed by atoms with Crippen LogP contribution in [0.5, 0.6) is 5.75 Å². The summed E-state index contributed by atoms with van der Waals surface area (Å²) in [6.45, 7) is 2.93. The average molecular weight is 413 g/mol. The summed E-state index contributed by atoms with van der Waals surface area (Å²) in [6, 6.07) is 4.46. The van der Waals surface area contributed by atoms with E-state index in [4.69, 9.17) is 0 Å². The molecule has 0 saturated carbocycles. The lowest BCUT2D eigenvalue weighted by Gasteiger charge is -2.43. The molecule has 0 unspecified atom stereocenters. The molecular weight excluding hydrogens is 393 g/mol. The van der Waals surface area contributed by atoms with E-state index in [0.29, 0.717) is 19.0 Å². The second kappa shape index (κ2) is 7.40. The Hall–Kier alpha value is -3.49. The number of aromatic nitrogens is 1. The minimum atomic E-state index is -1.03. The first kappa shape index (κ1) is 19.8. The molecule has 1 aromatic heterocycles. The van der Waals surface area contributed by atoms with Crippen molar-refractivity contribution < 1.29 is 23.9 Å². The number of nitrogens with one attached hydrogen (secondary N) is 1. The molecule has 3 heterocycles. The molecular formula is C21H20FN3O5. The summed E-state index contributed by atoms with van der Waals surface area (Å²) in [5.41, 5.74) is -1.58. The van der Waals surface area contributed by atoms with Crippen molar-refractivity contribution in [2.75, 3.05) is 6.54 Å². The van der Waals surface area contributed by atoms with Crippen molar-refractivity contribution in [3.63, 3.8) is 0 Å². The van der Waals surface area contributed by atoms with Crippen LogP contribution in [-0.2, 0) is 6.54 Å². The van der Waals surface area contributed by atoms with Gasteiger partial charge in [0.2, 0.25) is 5.43 Å². The molecule has 3 amide bonds. The van der Waals surface area contributed by atoms with Gasteiger partial charge in [-0.3, -0.25) is 24.5 Å². The highest BCUT2D eigenvalue weighted by Crippen LogP contribution is 2.30. The maximum Gasteiger partial charge on any atom is 0.274 e. The third-order valence-corrected chi connectivity index (χ3v) is 5.65. The summed E-state index contributed by atoms with van der Waals surface area (Å²) in [7, 11) is 0. The van der Waals surface area contributed by atoms with Gasteiger partial charge in [0.1, 0.15) is 11.4 Å². The minimum Gasteiger partial charge on any atom is -0.503 e. The van der Waals surface area contributed by atoms with Gasteiger partial charge in [0.05, 0.1) is 0 Å². The van der Waals surface area contributed by atoms with Crippen molar-refractivity contribution in [2.45, 2.75) is 32.4 Å². The molecule has 8 nitrogen and oxygen atoms in total. The van der Waals surface area contributed by atoms with Crippen LogP contribution in [0.4, 0.5) is 4.39 Å². The monoisotopic (exact) mass is 413 g/mol. The number of rotatable bonds is 2. The maximum atomic E-state index is 13.0. The number of hydrogen-bond donors (Lipinski definition) is 2. The van der Waals surface area contributed by atoms with E-state index in [1.807, 2.05) is 6.92 Å². The van der Waals surface area contributed by atoms with Gasteiger partial charge < -0.3 is 14.6 Å². The number of hydrogen-bond acceptors (Lipinski definition) is 5. The number of benzene rings is 1. The van der Waals surface area contributed by atoms with E-state index in [9.17, 15) is 28.7 Å². The molecule has 0 bridgehead atoms. The quantitative estimate of drug-likeness (QED) is 0.726. The van der Waals surface area contributed by atoms with Gasteiger partial charge in [-0.25, -0.2) is 4.39 Å². The first-order valence-electron chi connectivity index (χ1n) is 9.65. The Morgan fingerprint density at radius 3 is 2.50 bits per heavy atom. The van der Waals surface area contributed by atoms with E-state index in [1.165, 1.54) is 22.9 Å². The zero-order chi connectivity index (χ0) is 21.6. The van der Waals surface area contributed by atoms with Gasteiger partial charge in [-0.1, -0.05) is 6.92 Å². The highest BCUT2D eigenvalue weighted by Gasteiger charge is 2.38. The minimum absolute atomic E-state index is 0.0363. The molecule has 1 fully saturated rings. The summed E-state index contributed by atoms with van der Waals surface area (Å²) in [6.07, 6.45) is 2.94. The highest BCUT2D eigenvalue weighted by molar-refractivity contribution is 6.10. The standard InChI is InChI=1S/C21H20FN3O5/c1-11-2-7-14-9-24-10-15(17(26)18(27)16(24)21(30)25(14)8-11)20(29)23-19(28)12-3-5-13(22)6-4-12/h3-6,10-11,14,27H,2,7-9H2,1H3,(H,23,28,29)/t11-,14-/m0/s1. The van der Waals surface area contributed by atoms with Crippen LogP contribution in [-0.4, -0.2) is 44.9 Å². The molecule has 2 aromatic rings. The van der Waals surface area contributed by atoms with E-state index in [1.54, 1.807) is 4.90 Å². The zero-order valence-corrected chi connectivity index (χ0v) is 16.2. The van der Waals surface area contributed by atoms with Crippen LogP contribution in [0.25, 0.3) is 0 Å². The third-order valence-electron chi connectivity index (χ3n) is 5.65. The Morgan fingerprint density at radius 1 is 1.10 bits per heavy atom. The van der Waals surface area contributed by atoms with Crippen molar-refractivity contribution in [1.82, 2.24) is 14.8 Å². The van der Waals surface area contributed by atoms with E-state index in [2.05, 4.69) is 5.32 Å². The van der Waals surface area contributed by atoms with E-state index >= 15 is 0 Å². The lowest BCUT2D eigenvalue weighted by molar-refractivity contribution is 0.0428. The van der Waals surface area contributed by atoms with Crippen LogP contribution in [0, 0.1) is 11.7 Å². The lowest BCUT2D eigenvalue weighted by Crippen LogP contribution is -2.53. The molecule has 156 valence electrons. The fraction of sp³-hybridized carbons (Fsp3) is 0.333. The second-order valence-electron chi connectivity index (χ2n) is 7.81. The fourth-order valence-electron chi connectivity index (χ4n) is 4.03. The van der Waals surface area contributed by atoms with Gasteiger partial charge in [-0.05, 0) is 43.0 Å². The topological polar surface area (TPSA) is 109 Å². The lowest BCUT2D eigenvalue weighted by atomic mass is 9.92. The van der Waals surface area contributed by atoms with Crippen LogP contribution in [0.15, 0.2) is 35.3 Å². The maximum absolute atomic E-state index is 13.0. The number of carbonyl (C=O) groups is 3. The molecule has 4 rings (SSSR count). The van der Waals surface area contributed by atoms with Crippen LogP contribution in [0.1, 0.15) is 51.0 Å². The molecule has 2 atom stereocenters. The van der Waals surface area contributed by atoms with Gasteiger partial charge in [0.15, 0.2) is 11.4 Å². The second-order valence-corrected chi connectivity index (χ2v) is 7.81. The van der Waals surface area contributed by atoms with Crippen molar-refractivity contribution in [1.29, 1.82) is 0 Å². The molecule has 0 spiro atoms. The van der Waals surface area contributed by atoms with Gasteiger partial charge in [-0.15, -0.1) is 0 Å². The Bertz CT molecular complexity index is 1110. The Balaban J connectivity index is 1.64. The van der Waals surface area contributed by atoms with Crippen molar-refractivity contribution in [3.8, 4) is 5.75 Å². The molecule has 30 heavy (non-hydrogen) atoms. The number of fused-ring (bicyclic) bond motifs is 2. The number of aromatic hydroxyl groups is 1. The zero-order valence-electron chi connectivity index (χ0n) is 16.2. The van der Waals surface area contributed by atoms with Crippen LogP contribution < -0.4 is 10.7 Å². The van der Waals surface area contributed by atoms with Crippen LogP contribution in [0.2, 0.25) is 0 Å². The number of imide groups is 1. The van der Waals surface area contributed by atoms with Crippen LogP contribution in [0.3, 0.4) is 0 Å². The smallest absolute Gasteiger partial charge is 0.274 e. The van der Waals surface area contributed by atoms with Crippen molar-refractivity contribution >= 4 is 17.7 Å². The Kier molecular flexibility index (Phi) is 4.89. The Morgan fingerprint density at radius 2 is 1.80 bits per heavy atom. The van der Waals surface area contributed by atoms with Crippen molar-refractivity contribution in [2.24, 2.45) is 5.92 Å². The number of carbonyl (C=O) groups excluding carboxylic acids is 3. The first-order chi connectivity index (χ1) is 14.3. The molecule has 2 aliphatic rings. The number of halogens is 1. The number of pyridine rings is 1. The Labute approximate surface area is 170 Å². The summed E-state index contributed by atoms with van der Waals surface area (Å²) in [5.74, 6) is -3.28. The summed E-state index contributed by atoms with van der Waals surface area (Å²) in [5, 5.41) is 12.5. The van der Waals surface area contributed by atoms with E-state index < -0.39 is 40.3 Å². The predicted octanol–water partition coefficient (Wildman–Crippen LogP) is 1.52. The summed E-state index contributed by atoms with van der Waals surface area (Å²) < 4.78 is 14.4. The number of amides is 3. The molecule has 0 aliphatic carbocycles. The summed E-state index contributed by atoms with van der Waals surface area (Å²) >= 11 is 0. The normalized spacial score (nSPS) is 20.3. The third kappa shape index (κ3) is 3.36. The largest absolute Gasteiger partial charge is 0.503 e. The predicted molar refractivity (Wildman–Crippen MR) is 104 cm³/mol. The molecule has 0 radical (unpaired) electrons. The molecule has 1 aromatic carbocycles. The SMILES string of the molecule is C[C@H]1CC[C@H]2Cn3cc(C(=O)NC(=O)c4ccc(F)cc4)c(=O)c(O)c3C(=O)N2C1. The number of piperidine rings is 1. The highest BCUT2D eigenvalue weighted by atomic mass is 19.1. The van der Waals surface area contributed by atoms with Gasteiger partial charge in [0, 0.05) is 30.9 Å². The van der Waals surface area contributed by atoms with E-state index in [0.717, 1.165) is 25.0 Å². The van der Waals surface area contributed by atoms with Gasteiger partial charge >= 0.3 is 0 Å². The van der Waals surface area contributed by atoms with Crippen LogP contribution >= 0.6 is 0 Å². The van der Waals surface area contributed by atoms with Crippen molar-refractivity contribution in [3.05, 3.63) is 63.3 Å². The van der Waals surface area contributed by atoms with E-state index in [-0.39, 0.29) is 17.3 Å². The fourth-order valence-corrected chi connectivity index (χ4v) is 4.03. The first-order valence-corrected chi connectivity index (χ1v) is 9.65. The molecule has 9 heteroatoms. The molecule has 2 N–H and O–H groups in total. The average Bonchev–Trinajstić information content (AvgIpc) is 2.71. The summed E-state index contributed by atoms with van der Waals surface area (Å²) in [4.78, 5) is 51.8.